The third-order valence-corrected chi connectivity index (χ3v) is 2.55. The van der Waals surface area contributed by atoms with Crippen molar-refractivity contribution >= 4 is 0 Å². The lowest BCUT2D eigenvalue weighted by molar-refractivity contribution is 0.130. The first-order valence-corrected chi connectivity index (χ1v) is 4.44. The lowest BCUT2D eigenvalue weighted by atomic mass is 9.86. The molecule has 0 aliphatic heterocycles. The number of hydrogen-bond acceptors (Lipinski definition) is 5. The molecular formula is C7H14N6. The van der Waals surface area contributed by atoms with Crippen LogP contribution in [0.15, 0.2) is 0 Å². The lowest BCUT2D eigenvalue weighted by Crippen LogP contribution is -2.48. The molecule has 0 bridgehead atoms. The van der Waals surface area contributed by atoms with Crippen LogP contribution in [0.1, 0.15) is 18.7 Å². The van der Waals surface area contributed by atoms with E-state index in [0.29, 0.717) is 12.1 Å². The normalized spacial score (nSPS) is 27.6. The Kier molecular flexibility index (Phi) is 2.24. The maximum atomic E-state index is 5.70. The van der Waals surface area contributed by atoms with Crippen molar-refractivity contribution < 1.29 is 0 Å². The molecule has 0 unspecified atom stereocenters. The molecule has 0 saturated heterocycles. The van der Waals surface area contributed by atoms with Gasteiger partial charge in [-0.15, -0.1) is 10.2 Å². The van der Waals surface area contributed by atoms with Crippen LogP contribution in [-0.2, 0) is 6.54 Å². The summed E-state index contributed by atoms with van der Waals surface area (Å²) in [6, 6.07) is 0.978. The van der Waals surface area contributed by atoms with Crippen molar-refractivity contribution in [3.05, 3.63) is 5.82 Å². The van der Waals surface area contributed by atoms with E-state index in [1.165, 1.54) is 0 Å². The maximum Gasteiger partial charge on any atom is 0.188 e. The van der Waals surface area contributed by atoms with Crippen molar-refractivity contribution in [2.45, 2.75) is 31.5 Å². The van der Waals surface area contributed by atoms with Crippen molar-refractivity contribution in [3.8, 4) is 0 Å². The second-order valence-electron chi connectivity index (χ2n) is 3.63. The molecule has 1 aliphatic carbocycles. The third-order valence-electron chi connectivity index (χ3n) is 2.55. The topological polar surface area (TPSA) is 83.7 Å². The molecule has 13 heavy (non-hydrogen) atoms. The van der Waals surface area contributed by atoms with E-state index in [2.05, 4.69) is 32.6 Å². The average Bonchev–Trinajstić information content (AvgIpc) is 2.51. The summed E-state index contributed by atoms with van der Waals surface area (Å²) in [6.07, 6.45) is 2.16. The van der Waals surface area contributed by atoms with Gasteiger partial charge in [0.25, 0.3) is 0 Å². The van der Waals surface area contributed by atoms with Crippen molar-refractivity contribution in [2.75, 3.05) is 7.05 Å². The molecule has 1 fully saturated rings. The molecule has 6 heteroatoms. The van der Waals surface area contributed by atoms with Crippen LogP contribution in [0.5, 0.6) is 0 Å². The summed E-state index contributed by atoms with van der Waals surface area (Å²) in [5.41, 5.74) is 5.70. The minimum atomic E-state index is 0.387. The van der Waals surface area contributed by atoms with Crippen LogP contribution in [0.2, 0.25) is 0 Å². The molecule has 0 aromatic carbocycles. The first-order chi connectivity index (χ1) is 6.25. The summed E-state index contributed by atoms with van der Waals surface area (Å²) in [4.78, 5) is 2.22. The zero-order chi connectivity index (χ0) is 9.26. The van der Waals surface area contributed by atoms with Crippen LogP contribution in [-0.4, -0.2) is 44.7 Å². The Labute approximate surface area is 76.5 Å². The van der Waals surface area contributed by atoms with Gasteiger partial charge in [0.15, 0.2) is 5.82 Å². The highest BCUT2D eigenvalue weighted by Crippen LogP contribution is 2.23. The maximum absolute atomic E-state index is 5.70. The highest BCUT2D eigenvalue weighted by molar-refractivity contribution is 4.90. The predicted molar refractivity (Wildman–Crippen MR) is 46.6 cm³/mol. The first-order valence-electron chi connectivity index (χ1n) is 4.44. The number of rotatable bonds is 3. The SMILES string of the molecule is CN(Cc1nn[nH]n1)C1CC(N)C1. The molecule has 1 heterocycles. The molecule has 3 N–H and O–H groups in total. The molecule has 1 aromatic heterocycles. The van der Waals surface area contributed by atoms with Gasteiger partial charge >= 0.3 is 0 Å². The van der Waals surface area contributed by atoms with Crippen molar-refractivity contribution in [3.63, 3.8) is 0 Å². The van der Waals surface area contributed by atoms with Crippen molar-refractivity contribution in [1.29, 1.82) is 0 Å². The summed E-state index contributed by atoms with van der Waals surface area (Å²) in [6.45, 7) is 0.744. The molecule has 0 amide bonds. The molecule has 1 saturated carbocycles. The highest BCUT2D eigenvalue weighted by Gasteiger charge is 2.29. The lowest BCUT2D eigenvalue weighted by Gasteiger charge is -2.38. The Morgan fingerprint density at radius 2 is 2.38 bits per heavy atom. The van der Waals surface area contributed by atoms with E-state index in [1.54, 1.807) is 0 Å². The number of hydrogen-bond donors (Lipinski definition) is 2. The minimum Gasteiger partial charge on any atom is -0.328 e. The van der Waals surface area contributed by atoms with Crippen LogP contribution in [0.4, 0.5) is 0 Å². The van der Waals surface area contributed by atoms with Gasteiger partial charge in [0.2, 0.25) is 0 Å². The quantitative estimate of drug-likeness (QED) is 0.634. The summed E-state index contributed by atoms with van der Waals surface area (Å²) >= 11 is 0. The fourth-order valence-electron chi connectivity index (χ4n) is 1.59. The molecule has 0 spiro atoms. The van der Waals surface area contributed by atoms with Gasteiger partial charge in [-0.25, -0.2) is 0 Å². The highest BCUT2D eigenvalue weighted by atomic mass is 15.5. The predicted octanol–water partition coefficient (Wildman–Crippen LogP) is -0.879. The Balaban J connectivity index is 1.82. The zero-order valence-corrected chi connectivity index (χ0v) is 7.64. The van der Waals surface area contributed by atoms with Gasteiger partial charge < -0.3 is 5.73 Å². The van der Waals surface area contributed by atoms with Crippen LogP contribution < -0.4 is 5.73 Å². The number of H-pyrrole nitrogens is 1. The number of nitrogens with one attached hydrogen (secondary N) is 1. The Morgan fingerprint density at radius 1 is 1.62 bits per heavy atom. The number of nitrogens with two attached hydrogens (primary N) is 1. The minimum absolute atomic E-state index is 0.387. The zero-order valence-electron chi connectivity index (χ0n) is 7.64. The summed E-state index contributed by atoms with van der Waals surface area (Å²) in [5.74, 6) is 0.739. The standard InChI is InChI=1S/C7H14N6/c1-13(6-2-5(8)3-6)4-7-9-11-12-10-7/h5-6H,2-4,8H2,1H3,(H,9,10,11,12). The summed E-state index contributed by atoms with van der Waals surface area (Å²) in [5, 5.41) is 13.7. The van der Waals surface area contributed by atoms with E-state index >= 15 is 0 Å². The fraction of sp³-hybridized carbons (Fsp3) is 0.857. The smallest absolute Gasteiger partial charge is 0.188 e. The average molecular weight is 182 g/mol. The van der Waals surface area contributed by atoms with Gasteiger partial charge in [0, 0.05) is 12.1 Å². The number of aromatic nitrogens is 4. The van der Waals surface area contributed by atoms with E-state index in [-0.39, 0.29) is 0 Å². The molecule has 2 rings (SSSR count). The molecule has 1 aromatic rings. The van der Waals surface area contributed by atoms with E-state index in [4.69, 9.17) is 5.73 Å². The van der Waals surface area contributed by atoms with Crippen LogP contribution in [0, 0.1) is 0 Å². The van der Waals surface area contributed by atoms with Gasteiger partial charge in [-0.1, -0.05) is 5.21 Å². The molecule has 0 atom stereocenters. The monoisotopic (exact) mass is 182 g/mol. The van der Waals surface area contributed by atoms with Gasteiger partial charge in [0.05, 0.1) is 6.54 Å². The van der Waals surface area contributed by atoms with E-state index in [0.717, 1.165) is 25.2 Å². The Bertz CT molecular complexity index is 252. The number of nitrogens with zero attached hydrogens (tertiary/aromatic N) is 4. The van der Waals surface area contributed by atoms with Gasteiger partial charge in [-0.05, 0) is 19.9 Å². The fourth-order valence-corrected chi connectivity index (χ4v) is 1.59. The third kappa shape index (κ3) is 1.84. The largest absolute Gasteiger partial charge is 0.328 e. The van der Waals surface area contributed by atoms with Gasteiger partial charge in [0.1, 0.15) is 0 Å². The number of tetrazole rings is 1. The summed E-state index contributed by atoms with van der Waals surface area (Å²) < 4.78 is 0. The van der Waals surface area contributed by atoms with Gasteiger partial charge in [-0.3, -0.25) is 4.90 Å². The first kappa shape index (κ1) is 8.58. The van der Waals surface area contributed by atoms with E-state index < -0.39 is 0 Å². The van der Waals surface area contributed by atoms with E-state index in [9.17, 15) is 0 Å². The molecular weight excluding hydrogens is 168 g/mol. The Hall–Kier alpha value is -1.01. The molecule has 0 radical (unpaired) electrons. The Morgan fingerprint density at radius 3 is 2.92 bits per heavy atom. The summed E-state index contributed by atoms with van der Waals surface area (Å²) in [7, 11) is 2.06. The van der Waals surface area contributed by atoms with Crippen LogP contribution in [0.25, 0.3) is 0 Å². The second kappa shape index (κ2) is 3.39. The molecule has 72 valence electrons. The van der Waals surface area contributed by atoms with Crippen molar-refractivity contribution in [1.82, 2.24) is 25.5 Å². The second-order valence-corrected chi connectivity index (χ2v) is 3.63. The van der Waals surface area contributed by atoms with Gasteiger partial charge in [-0.2, -0.15) is 5.21 Å². The molecule has 1 aliphatic rings. The van der Waals surface area contributed by atoms with Crippen molar-refractivity contribution in [2.24, 2.45) is 5.73 Å². The van der Waals surface area contributed by atoms with Crippen LogP contribution in [0.3, 0.4) is 0 Å². The van der Waals surface area contributed by atoms with Crippen LogP contribution >= 0.6 is 0 Å². The van der Waals surface area contributed by atoms with E-state index in [1.807, 2.05) is 0 Å². The number of aromatic amines is 1. The molecule has 6 nitrogen and oxygen atoms in total.